The van der Waals surface area contributed by atoms with E-state index in [0.29, 0.717) is 11.8 Å². The molecule has 0 saturated heterocycles. The van der Waals surface area contributed by atoms with E-state index < -0.39 is 0 Å². The zero-order chi connectivity index (χ0) is 16.5. The van der Waals surface area contributed by atoms with Gasteiger partial charge in [0.2, 0.25) is 0 Å². The van der Waals surface area contributed by atoms with Gasteiger partial charge < -0.3 is 9.68 Å². The van der Waals surface area contributed by atoms with Crippen molar-refractivity contribution in [3.63, 3.8) is 0 Å². The summed E-state index contributed by atoms with van der Waals surface area (Å²) >= 11 is 0. The van der Waals surface area contributed by atoms with Crippen LogP contribution in [0.4, 0.5) is 0 Å². The highest BCUT2D eigenvalue weighted by Gasteiger charge is 2.22. The third-order valence-electron chi connectivity index (χ3n) is 4.77. The number of benzene rings is 2. The lowest BCUT2D eigenvalue weighted by Crippen LogP contribution is -2.14. The maximum atomic E-state index is 7.01. The summed E-state index contributed by atoms with van der Waals surface area (Å²) in [5.41, 5.74) is 3.33. The number of hydrogen-bond acceptors (Lipinski definition) is 2. The third kappa shape index (κ3) is 2.74. The van der Waals surface area contributed by atoms with Crippen molar-refractivity contribution in [3.8, 4) is 17.1 Å². The summed E-state index contributed by atoms with van der Waals surface area (Å²) in [6.45, 7) is 0. The van der Waals surface area contributed by atoms with Crippen LogP contribution < -0.4 is 5.30 Å². The number of hydrogen-bond donors (Lipinski definition) is 1. The summed E-state index contributed by atoms with van der Waals surface area (Å²) in [5.74, 6) is 1.57. The first kappa shape index (κ1) is 13.6. The number of rotatable bonds is 3. The van der Waals surface area contributed by atoms with Crippen LogP contribution in [0.5, 0.6) is 5.75 Å². The summed E-state index contributed by atoms with van der Waals surface area (Å²) in [6.07, 6.45) is 6.35. The zero-order valence-corrected chi connectivity index (χ0v) is 14.2. The number of nitrogens with zero attached hydrogens (tertiary/aromatic N) is 2. The highest BCUT2D eigenvalue weighted by atomic mass is 31.0. The van der Waals surface area contributed by atoms with Crippen LogP contribution in [-0.2, 0) is 0 Å². The largest absolute Gasteiger partial charge is 0.508 e. The van der Waals surface area contributed by atoms with Gasteiger partial charge >= 0.3 is 0 Å². The lowest BCUT2D eigenvalue weighted by atomic mass is 9.95. The van der Waals surface area contributed by atoms with E-state index in [1.54, 1.807) is 0 Å². The molecule has 0 aliphatic heterocycles. The average molecular weight is 326 g/mol. The first-order valence-corrected chi connectivity index (χ1v) is 8.85. The van der Waals surface area contributed by atoms with Crippen LogP contribution in [0.2, 0.25) is 0 Å². The van der Waals surface area contributed by atoms with Crippen LogP contribution in [-0.4, -0.2) is 16.1 Å². The van der Waals surface area contributed by atoms with Crippen molar-refractivity contribution in [1.82, 2.24) is 9.55 Å². The summed E-state index contributed by atoms with van der Waals surface area (Å²) < 4.78 is 9.44. The number of imidazole rings is 1. The summed E-state index contributed by atoms with van der Waals surface area (Å²) in [4.78, 5) is 4.94. The Hall–Kier alpha value is -1.86. The Balaban J connectivity index is 1.88. The molecule has 1 N–H and O–H groups in total. The fourth-order valence-corrected chi connectivity index (χ4v) is 3.89. The summed E-state index contributed by atoms with van der Waals surface area (Å²) in [6, 6.07) is 14.6. The van der Waals surface area contributed by atoms with E-state index in [0.717, 1.165) is 22.2 Å². The third-order valence-corrected chi connectivity index (χ3v) is 5.13. The first-order chi connectivity index (χ1) is 11.8. The Morgan fingerprint density at radius 1 is 1.09 bits per heavy atom. The molecular formula is C19H21N2OP. The second kappa shape index (κ2) is 5.98. The van der Waals surface area contributed by atoms with Crippen LogP contribution in [0, 0.1) is 0 Å². The first-order valence-electron chi connectivity index (χ1n) is 8.68. The molecule has 23 heavy (non-hydrogen) atoms. The number of fused-ring (bicyclic) bond motifs is 1. The molecule has 0 radical (unpaired) electrons. The maximum absolute atomic E-state index is 7.01. The molecule has 0 bridgehead atoms. The second-order valence-corrected chi connectivity index (χ2v) is 7.04. The lowest BCUT2D eigenvalue weighted by molar-refractivity contribution is 0.362. The van der Waals surface area contributed by atoms with Crippen LogP contribution >= 0.6 is 9.24 Å². The van der Waals surface area contributed by atoms with Crippen molar-refractivity contribution in [2.24, 2.45) is 0 Å². The predicted molar refractivity (Wildman–Crippen MR) is 98.3 cm³/mol. The molecule has 1 unspecified atom stereocenters. The fraction of sp³-hybridized carbons (Fsp3) is 0.316. The van der Waals surface area contributed by atoms with E-state index in [-0.39, 0.29) is 0 Å². The SMILES string of the molecule is [3H]Oc1ccc(-c2nc3cc(P)ccc3n2C2CCCCC2)cc1. The molecule has 4 heteroatoms. The van der Waals surface area contributed by atoms with Crippen LogP contribution in [0.1, 0.15) is 38.1 Å². The minimum absolute atomic E-state index is 0.515. The number of phenolic OH excluding ortho intramolecular Hbond substituents is 1. The minimum Gasteiger partial charge on any atom is -0.508 e. The molecule has 1 fully saturated rings. The maximum Gasteiger partial charge on any atom is 0.293 e. The van der Waals surface area contributed by atoms with Gasteiger partial charge in [-0.25, -0.2) is 4.98 Å². The fourth-order valence-electron chi connectivity index (χ4n) is 3.63. The van der Waals surface area contributed by atoms with Gasteiger partial charge in [0.1, 0.15) is 11.6 Å². The highest BCUT2D eigenvalue weighted by molar-refractivity contribution is 7.27. The topological polar surface area (TPSA) is 38.1 Å². The molecule has 1 aliphatic rings. The molecule has 0 spiro atoms. The highest BCUT2D eigenvalue weighted by Crippen LogP contribution is 2.36. The van der Waals surface area contributed by atoms with Crippen molar-refractivity contribution < 1.29 is 5.11 Å². The van der Waals surface area contributed by atoms with Crippen molar-refractivity contribution in [2.45, 2.75) is 38.1 Å². The van der Waals surface area contributed by atoms with Gasteiger partial charge in [-0.15, -0.1) is 9.24 Å². The van der Waals surface area contributed by atoms with Crippen molar-refractivity contribution in [1.29, 1.82) is 1.43 Å². The normalized spacial score (nSPS) is 16.5. The molecule has 4 rings (SSSR count). The van der Waals surface area contributed by atoms with Crippen LogP contribution in [0.3, 0.4) is 0 Å². The molecule has 118 valence electrons. The van der Waals surface area contributed by atoms with E-state index >= 15 is 0 Å². The molecule has 1 heterocycles. The molecule has 3 nitrogen and oxygen atoms in total. The Bertz CT molecular complexity index is 854. The standard InChI is InChI=1S/C19H21N2OP/c22-15-8-6-13(7-9-15)19-20-17-12-16(23)10-11-18(17)21(19)14-4-2-1-3-5-14/h6-12,14,22H,1-5,23H2/i/hT. The molecule has 2 aromatic carbocycles. The molecular weight excluding hydrogens is 303 g/mol. The van der Waals surface area contributed by atoms with Crippen LogP contribution in [0.15, 0.2) is 42.5 Å². The smallest absolute Gasteiger partial charge is 0.293 e. The average Bonchev–Trinajstić information content (AvgIpc) is 3.01. The van der Waals surface area contributed by atoms with Crippen molar-refractivity contribution in [3.05, 3.63) is 42.5 Å². The monoisotopic (exact) mass is 326 g/mol. The van der Waals surface area contributed by atoms with Gasteiger partial charge in [-0.3, -0.25) is 0 Å². The van der Waals surface area contributed by atoms with E-state index in [9.17, 15) is 0 Å². The van der Waals surface area contributed by atoms with Gasteiger partial charge in [0.15, 0.2) is 0 Å². The van der Waals surface area contributed by atoms with Gasteiger partial charge in [0.05, 0.1) is 11.0 Å². The molecule has 1 atom stereocenters. The number of aromatic nitrogens is 2. The Morgan fingerprint density at radius 2 is 1.87 bits per heavy atom. The number of phenols is 1. The van der Waals surface area contributed by atoms with Gasteiger partial charge in [0, 0.05) is 11.6 Å². The zero-order valence-electron chi connectivity index (χ0n) is 14.0. The van der Waals surface area contributed by atoms with E-state index in [2.05, 4.69) is 37.1 Å². The molecule has 1 aromatic heterocycles. The predicted octanol–water partition coefficient (Wildman–Crippen LogP) is 4.41. The lowest BCUT2D eigenvalue weighted by Gasteiger charge is -2.25. The summed E-state index contributed by atoms with van der Waals surface area (Å²) in [5, 5.41) is 5.70. The van der Waals surface area contributed by atoms with Crippen LogP contribution in [0.25, 0.3) is 22.4 Å². The summed E-state index contributed by atoms with van der Waals surface area (Å²) in [7, 11) is 2.75. The van der Waals surface area contributed by atoms with Crippen molar-refractivity contribution >= 4 is 25.6 Å². The Kier molecular flexibility index (Phi) is 3.52. The minimum atomic E-state index is 0.515. The molecule has 3 aromatic rings. The number of aromatic hydroxyl groups is 1. The molecule has 1 saturated carbocycles. The van der Waals surface area contributed by atoms with E-state index in [1.807, 2.05) is 24.3 Å². The Morgan fingerprint density at radius 3 is 2.61 bits per heavy atom. The van der Waals surface area contributed by atoms with E-state index in [1.165, 1.54) is 37.6 Å². The van der Waals surface area contributed by atoms with Crippen molar-refractivity contribution in [2.75, 3.05) is 0 Å². The van der Waals surface area contributed by atoms with Gasteiger partial charge in [-0.05, 0) is 54.5 Å². The quantitative estimate of drug-likeness (QED) is 0.724. The molecule has 0 amide bonds. The van der Waals surface area contributed by atoms with Gasteiger partial charge in [0.25, 0.3) is 1.43 Å². The van der Waals surface area contributed by atoms with E-state index in [4.69, 9.17) is 6.42 Å². The van der Waals surface area contributed by atoms with Gasteiger partial charge in [-0.2, -0.15) is 0 Å². The molecule has 1 aliphatic carbocycles. The van der Waals surface area contributed by atoms with Gasteiger partial charge in [-0.1, -0.05) is 25.3 Å². The Labute approximate surface area is 140 Å². The second-order valence-electron chi connectivity index (χ2n) is 6.37.